The Labute approximate surface area is 133 Å². The van der Waals surface area contributed by atoms with E-state index in [0.717, 1.165) is 5.56 Å². The summed E-state index contributed by atoms with van der Waals surface area (Å²) in [6.45, 7) is 2.50. The highest BCUT2D eigenvalue weighted by molar-refractivity contribution is 7.09. The zero-order valence-corrected chi connectivity index (χ0v) is 13.6. The molecule has 1 aromatic heterocycles. The van der Waals surface area contributed by atoms with Gasteiger partial charge in [-0.2, -0.15) is 0 Å². The summed E-state index contributed by atoms with van der Waals surface area (Å²) in [5.41, 5.74) is 0.262. The normalized spacial score (nSPS) is 13.7. The maximum atomic E-state index is 12.2. The molecule has 0 amide bonds. The summed E-state index contributed by atoms with van der Waals surface area (Å²) in [4.78, 5) is 13.3. The van der Waals surface area contributed by atoms with E-state index in [1.165, 1.54) is 12.0 Å². The molecule has 0 fully saturated rings. The van der Waals surface area contributed by atoms with Crippen molar-refractivity contribution in [2.45, 2.75) is 25.4 Å². The molecule has 1 atom stereocenters. The predicted octanol–water partition coefficient (Wildman–Crippen LogP) is 3.67. The van der Waals surface area contributed by atoms with E-state index in [2.05, 4.69) is 5.32 Å². The van der Waals surface area contributed by atoms with Crippen molar-refractivity contribution < 1.29 is 9.53 Å². The van der Waals surface area contributed by atoms with Crippen molar-refractivity contribution in [1.29, 1.82) is 0 Å². The van der Waals surface area contributed by atoms with Gasteiger partial charge < -0.3 is 4.74 Å². The number of halogens is 1. The molecule has 1 heterocycles. The molecule has 21 heavy (non-hydrogen) atoms. The SMILES string of the molecule is COC(=O)C(C)(Cc1ccc(Cl)cc1)NCc1cccs1. The summed E-state index contributed by atoms with van der Waals surface area (Å²) < 4.78 is 4.96. The van der Waals surface area contributed by atoms with Gasteiger partial charge in [0.15, 0.2) is 0 Å². The summed E-state index contributed by atoms with van der Waals surface area (Å²) >= 11 is 7.55. The quantitative estimate of drug-likeness (QED) is 0.824. The Morgan fingerprint density at radius 1 is 1.33 bits per heavy atom. The second-order valence-electron chi connectivity index (χ2n) is 5.06. The molecule has 0 spiro atoms. The molecule has 1 N–H and O–H groups in total. The zero-order valence-electron chi connectivity index (χ0n) is 12.1. The number of hydrogen-bond acceptors (Lipinski definition) is 4. The molecule has 0 aliphatic rings. The number of ether oxygens (including phenoxy) is 1. The van der Waals surface area contributed by atoms with E-state index in [0.29, 0.717) is 18.0 Å². The molecule has 0 aliphatic carbocycles. The van der Waals surface area contributed by atoms with Crippen LogP contribution in [0.2, 0.25) is 5.02 Å². The monoisotopic (exact) mass is 323 g/mol. The first-order valence-corrected chi connectivity index (χ1v) is 7.89. The Kier molecular flexibility index (Phi) is 5.39. The summed E-state index contributed by atoms with van der Waals surface area (Å²) in [6.07, 6.45) is 0.544. The van der Waals surface area contributed by atoms with Gasteiger partial charge in [-0.15, -0.1) is 11.3 Å². The van der Waals surface area contributed by atoms with Gasteiger partial charge in [0.2, 0.25) is 0 Å². The fourth-order valence-corrected chi connectivity index (χ4v) is 2.91. The lowest BCUT2D eigenvalue weighted by Gasteiger charge is -2.28. The molecule has 3 nitrogen and oxygen atoms in total. The van der Waals surface area contributed by atoms with Crippen LogP contribution in [0.25, 0.3) is 0 Å². The van der Waals surface area contributed by atoms with E-state index in [1.54, 1.807) is 11.3 Å². The second-order valence-corrected chi connectivity index (χ2v) is 6.53. The molecule has 0 saturated carbocycles. The largest absolute Gasteiger partial charge is 0.468 e. The van der Waals surface area contributed by atoms with Crippen LogP contribution in [0.5, 0.6) is 0 Å². The van der Waals surface area contributed by atoms with Gasteiger partial charge in [0.25, 0.3) is 0 Å². The summed E-state index contributed by atoms with van der Waals surface area (Å²) in [5, 5.41) is 6.02. The van der Waals surface area contributed by atoms with Crippen molar-refractivity contribution in [3.63, 3.8) is 0 Å². The molecule has 0 bridgehead atoms. The first-order valence-electron chi connectivity index (χ1n) is 6.64. The lowest BCUT2D eigenvalue weighted by atomic mass is 9.92. The Hall–Kier alpha value is -1.36. The van der Waals surface area contributed by atoms with E-state index in [-0.39, 0.29) is 5.97 Å². The molecule has 2 rings (SSSR count). The molecule has 5 heteroatoms. The second kappa shape index (κ2) is 7.07. The Balaban J connectivity index is 2.12. The van der Waals surface area contributed by atoms with Crippen molar-refractivity contribution >= 4 is 28.9 Å². The van der Waals surface area contributed by atoms with E-state index < -0.39 is 5.54 Å². The average molecular weight is 324 g/mol. The lowest BCUT2D eigenvalue weighted by Crippen LogP contribution is -2.51. The molecule has 0 aliphatic heterocycles. The number of carbonyl (C=O) groups excluding carboxylic acids is 1. The third-order valence-corrected chi connectivity index (χ3v) is 4.47. The maximum absolute atomic E-state index is 12.2. The standard InChI is InChI=1S/C16H18ClNO2S/c1-16(15(19)20-2,18-11-14-4-3-9-21-14)10-12-5-7-13(17)8-6-12/h3-9,18H,10-11H2,1-2H3. The Bertz CT molecular complexity index is 583. The van der Waals surface area contributed by atoms with Gasteiger partial charge in [-0.25, -0.2) is 0 Å². The molecule has 2 aromatic rings. The minimum absolute atomic E-state index is 0.269. The fourth-order valence-electron chi connectivity index (χ4n) is 2.14. The fraction of sp³-hybridized carbons (Fsp3) is 0.312. The van der Waals surface area contributed by atoms with Crippen LogP contribution >= 0.6 is 22.9 Å². The van der Waals surface area contributed by atoms with Crippen LogP contribution in [-0.2, 0) is 22.5 Å². The van der Waals surface area contributed by atoms with E-state index >= 15 is 0 Å². The van der Waals surface area contributed by atoms with Gasteiger partial charge in [0.1, 0.15) is 5.54 Å². The number of benzene rings is 1. The number of nitrogens with one attached hydrogen (secondary N) is 1. The van der Waals surface area contributed by atoms with Crippen molar-refractivity contribution in [3.8, 4) is 0 Å². The molecule has 0 saturated heterocycles. The summed E-state index contributed by atoms with van der Waals surface area (Å²) in [6, 6.07) is 11.5. The van der Waals surface area contributed by atoms with Crippen molar-refractivity contribution in [3.05, 3.63) is 57.2 Å². The minimum Gasteiger partial charge on any atom is -0.468 e. The topological polar surface area (TPSA) is 38.3 Å². The highest BCUT2D eigenvalue weighted by Crippen LogP contribution is 2.19. The van der Waals surface area contributed by atoms with Crippen LogP contribution < -0.4 is 5.32 Å². The van der Waals surface area contributed by atoms with E-state index in [1.807, 2.05) is 48.7 Å². The number of esters is 1. The zero-order chi connectivity index (χ0) is 15.3. The molecule has 1 unspecified atom stereocenters. The van der Waals surface area contributed by atoms with Gasteiger partial charge in [-0.05, 0) is 36.1 Å². The van der Waals surface area contributed by atoms with Gasteiger partial charge in [0, 0.05) is 22.9 Å². The van der Waals surface area contributed by atoms with Crippen molar-refractivity contribution in [1.82, 2.24) is 5.32 Å². The van der Waals surface area contributed by atoms with Crippen molar-refractivity contribution in [2.75, 3.05) is 7.11 Å². The van der Waals surface area contributed by atoms with E-state index in [9.17, 15) is 4.79 Å². The van der Waals surface area contributed by atoms with Crippen LogP contribution in [0.3, 0.4) is 0 Å². The van der Waals surface area contributed by atoms with Crippen molar-refractivity contribution in [2.24, 2.45) is 0 Å². The van der Waals surface area contributed by atoms with Crippen LogP contribution in [0.15, 0.2) is 41.8 Å². The number of thiophene rings is 1. The predicted molar refractivity (Wildman–Crippen MR) is 86.7 cm³/mol. The molecule has 0 radical (unpaired) electrons. The number of rotatable bonds is 6. The third-order valence-electron chi connectivity index (χ3n) is 3.34. The maximum Gasteiger partial charge on any atom is 0.326 e. The first kappa shape index (κ1) is 16.0. The smallest absolute Gasteiger partial charge is 0.326 e. The Morgan fingerprint density at radius 3 is 2.62 bits per heavy atom. The molecular formula is C16H18ClNO2S. The van der Waals surface area contributed by atoms with Gasteiger partial charge in [-0.3, -0.25) is 10.1 Å². The number of hydrogen-bond donors (Lipinski definition) is 1. The summed E-state index contributed by atoms with van der Waals surface area (Å²) in [7, 11) is 1.41. The van der Waals surface area contributed by atoms with Gasteiger partial charge >= 0.3 is 5.97 Å². The van der Waals surface area contributed by atoms with Crippen LogP contribution in [0.4, 0.5) is 0 Å². The third kappa shape index (κ3) is 4.30. The number of carbonyl (C=O) groups is 1. The minimum atomic E-state index is -0.771. The number of methoxy groups -OCH3 is 1. The van der Waals surface area contributed by atoms with Gasteiger partial charge in [0.05, 0.1) is 7.11 Å². The molecule has 112 valence electrons. The first-order chi connectivity index (χ1) is 10.0. The van der Waals surface area contributed by atoms with Gasteiger partial charge in [-0.1, -0.05) is 29.8 Å². The van der Waals surface area contributed by atoms with Crippen LogP contribution in [0, 0.1) is 0 Å². The lowest BCUT2D eigenvalue weighted by molar-refractivity contribution is -0.148. The van der Waals surface area contributed by atoms with Crippen LogP contribution in [0.1, 0.15) is 17.4 Å². The summed E-state index contributed by atoms with van der Waals surface area (Å²) in [5.74, 6) is -0.269. The highest BCUT2D eigenvalue weighted by atomic mass is 35.5. The molecular weight excluding hydrogens is 306 g/mol. The Morgan fingerprint density at radius 2 is 2.05 bits per heavy atom. The average Bonchev–Trinajstić information content (AvgIpc) is 3.00. The van der Waals surface area contributed by atoms with E-state index in [4.69, 9.17) is 16.3 Å². The van der Waals surface area contributed by atoms with Crippen LogP contribution in [-0.4, -0.2) is 18.6 Å². The molecule has 1 aromatic carbocycles. The highest BCUT2D eigenvalue weighted by Gasteiger charge is 2.34.